The lowest BCUT2D eigenvalue weighted by Crippen LogP contribution is -2.65. The Labute approximate surface area is 109 Å². The molecule has 1 aliphatic rings. The minimum Gasteiger partial charge on any atom is -0.465 e. The lowest BCUT2D eigenvalue weighted by Gasteiger charge is -2.42. The lowest BCUT2D eigenvalue weighted by molar-refractivity contribution is -0.386. The van der Waals surface area contributed by atoms with E-state index in [2.05, 4.69) is 5.32 Å². The topological polar surface area (TPSA) is 122 Å². The predicted molar refractivity (Wildman–Crippen MR) is 66.6 cm³/mol. The van der Waals surface area contributed by atoms with Crippen LogP contribution in [-0.4, -0.2) is 40.7 Å². The van der Waals surface area contributed by atoms with E-state index in [-0.39, 0.29) is 24.3 Å². The summed E-state index contributed by atoms with van der Waals surface area (Å²) in [5.41, 5.74) is 4.71. The van der Waals surface area contributed by atoms with Crippen molar-refractivity contribution in [2.75, 3.05) is 19.6 Å². The van der Waals surface area contributed by atoms with Crippen molar-refractivity contribution >= 4 is 11.8 Å². The summed E-state index contributed by atoms with van der Waals surface area (Å²) >= 11 is 0. The molecule has 1 unspecified atom stereocenters. The van der Waals surface area contributed by atoms with Crippen LogP contribution in [0.2, 0.25) is 0 Å². The van der Waals surface area contributed by atoms with Gasteiger partial charge in [0.25, 0.3) is 5.69 Å². The molecule has 1 saturated heterocycles. The Kier molecular flexibility index (Phi) is 3.36. The second kappa shape index (κ2) is 4.82. The Morgan fingerprint density at radius 1 is 1.53 bits per heavy atom. The second-order valence-electron chi connectivity index (χ2n) is 4.31. The summed E-state index contributed by atoms with van der Waals surface area (Å²) in [7, 11) is 0. The first kappa shape index (κ1) is 13.2. The fourth-order valence-electron chi connectivity index (χ4n) is 2.27. The zero-order valence-electron chi connectivity index (χ0n) is 10.1. The van der Waals surface area contributed by atoms with Crippen molar-refractivity contribution in [3.63, 3.8) is 0 Å². The van der Waals surface area contributed by atoms with Crippen LogP contribution < -0.4 is 11.1 Å². The number of nitro groups is 1. The van der Waals surface area contributed by atoms with Crippen LogP contribution in [0.3, 0.4) is 0 Å². The molecular weight excluding hydrogens is 252 g/mol. The summed E-state index contributed by atoms with van der Waals surface area (Å²) in [5, 5.41) is 23.2. The monoisotopic (exact) mass is 266 g/mol. The number of piperazine rings is 1. The van der Waals surface area contributed by atoms with Gasteiger partial charge in [0.05, 0.1) is 10.5 Å². The first-order valence-corrected chi connectivity index (χ1v) is 5.71. The van der Waals surface area contributed by atoms with Crippen LogP contribution >= 0.6 is 0 Å². The van der Waals surface area contributed by atoms with Crippen LogP contribution in [0.4, 0.5) is 10.5 Å². The van der Waals surface area contributed by atoms with Gasteiger partial charge in [0.1, 0.15) is 5.66 Å². The average Bonchev–Trinajstić information content (AvgIpc) is 2.38. The molecular formula is C11H14N4O4. The van der Waals surface area contributed by atoms with Crippen LogP contribution in [0.25, 0.3) is 0 Å². The summed E-state index contributed by atoms with van der Waals surface area (Å²) in [6.45, 7) is 0.772. The van der Waals surface area contributed by atoms with Crippen LogP contribution in [-0.2, 0) is 5.66 Å². The van der Waals surface area contributed by atoms with Gasteiger partial charge in [-0.05, 0) is 6.07 Å². The van der Waals surface area contributed by atoms with Crippen LogP contribution in [0.1, 0.15) is 5.56 Å². The minimum absolute atomic E-state index is 0.129. The van der Waals surface area contributed by atoms with E-state index in [1.807, 2.05) is 0 Å². The third-order valence-corrected chi connectivity index (χ3v) is 3.19. The number of hydrogen-bond donors (Lipinski definition) is 3. The number of nitrogens with one attached hydrogen (secondary N) is 1. The highest BCUT2D eigenvalue weighted by atomic mass is 16.6. The highest BCUT2D eigenvalue weighted by Gasteiger charge is 2.43. The summed E-state index contributed by atoms with van der Waals surface area (Å²) in [6, 6.07) is 5.93. The van der Waals surface area contributed by atoms with E-state index < -0.39 is 16.7 Å². The molecule has 19 heavy (non-hydrogen) atoms. The number of hydrogen-bond acceptors (Lipinski definition) is 5. The third kappa shape index (κ3) is 2.23. The van der Waals surface area contributed by atoms with Crippen LogP contribution in [0, 0.1) is 10.1 Å². The van der Waals surface area contributed by atoms with Gasteiger partial charge in [-0.15, -0.1) is 0 Å². The van der Waals surface area contributed by atoms with Crippen molar-refractivity contribution in [3.8, 4) is 0 Å². The smallest absolute Gasteiger partial charge is 0.409 e. The Bertz CT molecular complexity index is 521. The fourth-order valence-corrected chi connectivity index (χ4v) is 2.27. The zero-order valence-corrected chi connectivity index (χ0v) is 10.1. The summed E-state index contributed by atoms with van der Waals surface area (Å²) in [6.07, 6.45) is -1.19. The molecule has 102 valence electrons. The molecule has 1 fully saturated rings. The lowest BCUT2D eigenvalue weighted by atomic mass is 9.95. The normalized spacial score (nSPS) is 23.1. The molecule has 0 radical (unpaired) electrons. The largest absolute Gasteiger partial charge is 0.465 e. The standard InChI is InChI=1S/C11H14N4O4/c12-11(7-13-5-6-14(11)10(16)17)8-3-1-2-4-9(8)15(18)19/h1-4,13H,5-7,12H2,(H,16,17). The van der Waals surface area contributed by atoms with Gasteiger partial charge >= 0.3 is 6.09 Å². The number of carbonyl (C=O) groups is 1. The van der Waals surface area contributed by atoms with Crippen molar-refractivity contribution in [2.45, 2.75) is 5.66 Å². The van der Waals surface area contributed by atoms with Crippen molar-refractivity contribution in [2.24, 2.45) is 5.73 Å². The van der Waals surface area contributed by atoms with Gasteiger partial charge < -0.3 is 16.2 Å². The number of rotatable bonds is 2. The molecule has 1 amide bonds. The van der Waals surface area contributed by atoms with Gasteiger partial charge in [-0.1, -0.05) is 12.1 Å². The molecule has 1 aromatic rings. The number of carboxylic acid groups (broad SMARTS) is 1. The maximum Gasteiger partial charge on any atom is 0.409 e. The third-order valence-electron chi connectivity index (χ3n) is 3.19. The van der Waals surface area contributed by atoms with Gasteiger partial charge in [-0.3, -0.25) is 15.0 Å². The summed E-state index contributed by atoms with van der Waals surface area (Å²) < 4.78 is 0. The number of para-hydroxylation sites is 1. The maximum absolute atomic E-state index is 11.3. The highest BCUT2D eigenvalue weighted by molar-refractivity contribution is 5.67. The number of nitrogens with zero attached hydrogens (tertiary/aromatic N) is 2. The van der Waals surface area contributed by atoms with Crippen LogP contribution in [0.5, 0.6) is 0 Å². The van der Waals surface area contributed by atoms with Gasteiger partial charge in [0.15, 0.2) is 0 Å². The molecule has 1 atom stereocenters. The van der Waals surface area contributed by atoms with Gasteiger partial charge in [0, 0.05) is 25.7 Å². The Balaban J connectivity index is 2.53. The number of amides is 1. The van der Waals surface area contributed by atoms with E-state index in [9.17, 15) is 20.0 Å². The number of nitro benzene ring substituents is 1. The molecule has 4 N–H and O–H groups in total. The van der Waals surface area contributed by atoms with Crippen molar-refractivity contribution in [1.29, 1.82) is 0 Å². The molecule has 0 saturated carbocycles. The van der Waals surface area contributed by atoms with E-state index >= 15 is 0 Å². The zero-order chi connectivity index (χ0) is 14.0. The molecule has 8 heteroatoms. The van der Waals surface area contributed by atoms with E-state index in [0.29, 0.717) is 6.54 Å². The molecule has 1 aliphatic heterocycles. The Hall–Kier alpha value is -2.19. The Morgan fingerprint density at radius 2 is 2.21 bits per heavy atom. The van der Waals surface area contributed by atoms with Gasteiger partial charge in [-0.25, -0.2) is 4.79 Å². The first-order valence-electron chi connectivity index (χ1n) is 5.71. The summed E-state index contributed by atoms with van der Waals surface area (Å²) in [4.78, 5) is 22.8. The average molecular weight is 266 g/mol. The molecule has 0 bridgehead atoms. The van der Waals surface area contributed by atoms with Crippen molar-refractivity contribution < 1.29 is 14.8 Å². The van der Waals surface area contributed by atoms with Gasteiger partial charge in [0.2, 0.25) is 0 Å². The second-order valence-corrected chi connectivity index (χ2v) is 4.31. The van der Waals surface area contributed by atoms with Crippen LogP contribution in [0.15, 0.2) is 24.3 Å². The number of nitrogens with two attached hydrogens (primary N) is 1. The number of benzene rings is 1. The SMILES string of the molecule is NC1(c2ccccc2[N+](=O)[O-])CNCCN1C(=O)O. The molecule has 2 rings (SSSR count). The predicted octanol–water partition coefficient (Wildman–Crippen LogP) is 0.289. The quantitative estimate of drug-likeness (QED) is 0.522. The molecule has 0 aromatic heterocycles. The van der Waals surface area contributed by atoms with Gasteiger partial charge in [-0.2, -0.15) is 0 Å². The van der Waals surface area contributed by atoms with E-state index in [4.69, 9.17) is 5.73 Å². The maximum atomic E-state index is 11.3. The summed E-state index contributed by atoms with van der Waals surface area (Å²) in [5.74, 6) is 0. The van der Waals surface area contributed by atoms with E-state index in [0.717, 1.165) is 4.90 Å². The Morgan fingerprint density at radius 3 is 2.84 bits per heavy atom. The van der Waals surface area contributed by atoms with Crippen molar-refractivity contribution in [1.82, 2.24) is 10.2 Å². The minimum atomic E-state index is -1.44. The molecule has 1 heterocycles. The van der Waals surface area contributed by atoms with Crippen molar-refractivity contribution in [3.05, 3.63) is 39.9 Å². The van der Waals surface area contributed by atoms with E-state index in [1.54, 1.807) is 6.07 Å². The highest BCUT2D eigenvalue weighted by Crippen LogP contribution is 2.31. The molecule has 0 aliphatic carbocycles. The molecule has 8 nitrogen and oxygen atoms in total. The fraction of sp³-hybridized carbons (Fsp3) is 0.364. The first-order chi connectivity index (χ1) is 8.97. The molecule has 0 spiro atoms. The molecule has 1 aromatic carbocycles. The van der Waals surface area contributed by atoms with E-state index in [1.165, 1.54) is 18.2 Å².